The molecule has 0 saturated heterocycles. The highest BCUT2D eigenvalue weighted by Gasteiger charge is 2.31. The van der Waals surface area contributed by atoms with Crippen LogP contribution < -0.4 is 0 Å². The van der Waals surface area contributed by atoms with E-state index in [1.165, 1.54) is 35.6 Å². The van der Waals surface area contributed by atoms with Crippen LogP contribution in [0.2, 0.25) is 0 Å². The standard InChI is InChI=1S/C13H19NO5S2/c1-14(9-10-7-11(15)8-10)21(18,19)13-5-3-12(4-6-13)20(2,16)17/h3-6,10-11,15H,7-9H2,1-2H3. The average Bonchev–Trinajstić information content (AvgIpc) is 2.36. The first-order valence-corrected chi connectivity index (χ1v) is 9.88. The van der Waals surface area contributed by atoms with Gasteiger partial charge in [-0.2, -0.15) is 0 Å². The molecule has 1 aromatic rings. The normalized spacial score (nSPS) is 23.0. The number of hydrogen-bond donors (Lipinski definition) is 1. The molecule has 0 amide bonds. The smallest absolute Gasteiger partial charge is 0.242 e. The number of nitrogens with zero attached hydrogens (tertiary/aromatic N) is 1. The maximum atomic E-state index is 12.4. The highest BCUT2D eigenvalue weighted by atomic mass is 32.2. The molecule has 1 saturated carbocycles. The largest absolute Gasteiger partial charge is 0.393 e. The van der Waals surface area contributed by atoms with Gasteiger partial charge in [0.15, 0.2) is 9.84 Å². The van der Waals surface area contributed by atoms with Crippen LogP contribution in [-0.2, 0) is 19.9 Å². The van der Waals surface area contributed by atoms with Gasteiger partial charge in [-0.3, -0.25) is 0 Å². The summed E-state index contributed by atoms with van der Waals surface area (Å²) in [5.74, 6) is 0.176. The molecular weight excluding hydrogens is 314 g/mol. The quantitative estimate of drug-likeness (QED) is 0.846. The molecule has 0 unspecified atom stereocenters. The Balaban J connectivity index is 2.15. The van der Waals surface area contributed by atoms with Crippen LogP contribution in [0.3, 0.4) is 0 Å². The van der Waals surface area contributed by atoms with Gasteiger partial charge in [0.2, 0.25) is 10.0 Å². The molecule has 2 rings (SSSR count). The minimum atomic E-state index is -3.63. The first-order chi connectivity index (χ1) is 9.60. The van der Waals surface area contributed by atoms with Gasteiger partial charge in [-0.15, -0.1) is 0 Å². The molecule has 1 aliphatic rings. The van der Waals surface area contributed by atoms with E-state index in [1.54, 1.807) is 0 Å². The first-order valence-electron chi connectivity index (χ1n) is 6.55. The molecule has 1 fully saturated rings. The summed E-state index contributed by atoms with van der Waals surface area (Å²) < 4.78 is 48.7. The van der Waals surface area contributed by atoms with Gasteiger partial charge in [0.05, 0.1) is 15.9 Å². The van der Waals surface area contributed by atoms with E-state index in [1.807, 2.05) is 0 Å². The van der Waals surface area contributed by atoms with Crippen LogP contribution in [-0.4, -0.2) is 52.2 Å². The van der Waals surface area contributed by atoms with Gasteiger partial charge in [-0.25, -0.2) is 21.1 Å². The summed E-state index contributed by atoms with van der Waals surface area (Å²) in [7, 11) is -5.48. The second-order valence-corrected chi connectivity index (χ2v) is 9.58. The van der Waals surface area contributed by atoms with Gasteiger partial charge in [0.25, 0.3) is 0 Å². The zero-order chi connectivity index (χ0) is 15.8. The Bertz CT molecular complexity index is 703. The minimum absolute atomic E-state index is 0.0669. The van der Waals surface area contributed by atoms with Crippen LogP contribution in [0.15, 0.2) is 34.1 Å². The third-order valence-electron chi connectivity index (χ3n) is 3.69. The van der Waals surface area contributed by atoms with Crippen molar-refractivity contribution in [2.24, 2.45) is 5.92 Å². The maximum absolute atomic E-state index is 12.4. The number of sulfonamides is 1. The van der Waals surface area contributed by atoms with Crippen LogP contribution in [0, 0.1) is 5.92 Å². The van der Waals surface area contributed by atoms with Crippen molar-refractivity contribution in [1.82, 2.24) is 4.31 Å². The fourth-order valence-corrected chi connectivity index (χ4v) is 4.23. The Hall–Kier alpha value is -0.960. The molecule has 0 heterocycles. The van der Waals surface area contributed by atoms with E-state index >= 15 is 0 Å². The summed E-state index contributed by atoms with van der Waals surface area (Å²) >= 11 is 0. The van der Waals surface area contributed by atoms with Crippen molar-refractivity contribution in [3.05, 3.63) is 24.3 Å². The van der Waals surface area contributed by atoms with Gasteiger partial charge < -0.3 is 5.11 Å². The molecule has 0 atom stereocenters. The maximum Gasteiger partial charge on any atom is 0.242 e. The summed E-state index contributed by atoms with van der Waals surface area (Å²) in [6.07, 6.45) is 1.99. The SMILES string of the molecule is CN(CC1CC(O)C1)S(=O)(=O)c1ccc(S(C)(=O)=O)cc1. The Morgan fingerprint density at radius 3 is 2.00 bits per heavy atom. The van der Waals surface area contributed by atoms with Crippen molar-refractivity contribution in [3.8, 4) is 0 Å². The molecule has 0 spiro atoms. The molecule has 1 aromatic carbocycles. The van der Waals surface area contributed by atoms with Crippen LogP contribution >= 0.6 is 0 Å². The number of aliphatic hydroxyl groups excluding tert-OH is 1. The Labute approximate surface area is 125 Å². The fourth-order valence-electron chi connectivity index (χ4n) is 2.35. The molecule has 1 N–H and O–H groups in total. The van der Waals surface area contributed by atoms with E-state index in [-0.39, 0.29) is 21.8 Å². The van der Waals surface area contributed by atoms with Crippen molar-refractivity contribution >= 4 is 19.9 Å². The summed E-state index contributed by atoms with van der Waals surface area (Å²) in [6, 6.07) is 5.20. The summed E-state index contributed by atoms with van der Waals surface area (Å²) in [5, 5.41) is 9.23. The molecular formula is C13H19NO5S2. The summed E-state index contributed by atoms with van der Waals surface area (Å²) in [4.78, 5) is 0.156. The van der Waals surface area contributed by atoms with Gasteiger partial charge >= 0.3 is 0 Å². The molecule has 118 valence electrons. The lowest BCUT2D eigenvalue weighted by Crippen LogP contribution is -2.39. The second-order valence-electron chi connectivity index (χ2n) is 5.52. The number of sulfone groups is 1. The van der Waals surface area contributed by atoms with Gasteiger partial charge in [0.1, 0.15) is 0 Å². The lowest BCUT2D eigenvalue weighted by atomic mass is 9.82. The molecule has 6 nitrogen and oxygen atoms in total. The van der Waals surface area contributed by atoms with E-state index in [9.17, 15) is 21.9 Å². The molecule has 0 bridgehead atoms. The zero-order valence-electron chi connectivity index (χ0n) is 11.9. The number of hydrogen-bond acceptors (Lipinski definition) is 5. The van der Waals surface area contributed by atoms with Gasteiger partial charge in [-0.05, 0) is 43.0 Å². The molecule has 0 radical (unpaired) electrons. The molecule has 21 heavy (non-hydrogen) atoms. The summed E-state index contributed by atoms with van der Waals surface area (Å²) in [6.45, 7) is 0.354. The van der Waals surface area contributed by atoms with E-state index in [2.05, 4.69) is 0 Å². The van der Waals surface area contributed by atoms with Crippen LogP contribution in [0.5, 0.6) is 0 Å². The second kappa shape index (κ2) is 5.68. The van der Waals surface area contributed by atoms with Crippen LogP contribution in [0.4, 0.5) is 0 Å². The predicted molar refractivity (Wildman–Crippen MR) is 78.1 cm³/mol. The van der Waals surface area contributed by atoms with Crippen molar-refractivity contribution in [1.29, 1.82) is 0 Å². The molecule has 0 aliphatic heterocycles. The van der Waals surface area contributed by atoms with Crippen molar-refractivity contribution in [3.63, 3.8) is 0 Å². The lowest BCUT2D eigenvalue weighted by Gasteiger charge is -2.34. The van der Waals surface area contributed by atoms with E-state index in [4.69, 9.17) is 0 Å². The Morgan fingerprint density at radius 2 is 1.57 bits per heavy atom. The average molecular weight is 333 g/mol. The highest BCUT2D eigenvalue weighted by molar-refractivity contribution is 7.90. The lowest BCUT2D eigenvalue weighted by molar-refractivity contribution is 0.0367. The monoisotopic (exact) mass is 333 g/mol. The number of aliphatic hydroxyl groups is 1. The third-order valence-corrected chi connectivity index (χ3v) is 6.65. The highest BCUT2D eigenvalue weighted by Crippen LogP contribution is 2.29. The van der Waals surface area contributed by atoms with Gasteiger partial charge in [0, 0.05) is 19.8 Å². The van der Waals surface area contributed by atoms with E-state index in [0.717, 1.165) is 6.26 Å². The number of benzene rings is 1. The van der Waals surface area contributed by atoms with E-state index < -0.39 is 19.9 Å². The van der Waals surface area contributed by atoms with Crippen molar-refractivity contribution in [2.75, 3.05) is 19.8 Å². The summed E-state index contributed by atoms with van der Waals surface area (Å²) in [5.41, 5.74) is 0. The predicted octanol–water partition coefficient (Wildman–Crippen LogP) is 0.481. The topological polar surface area (TPSA) is 91.8 Å². The third kappa shape index (κ3) is 3.63. The van der Waals surface area contributed by atoms with Crippen molar-refractivity contribution < 1.29 is 21.9 Å². The van der Waals surface area contributed by atoms with Crippen LogP contribution in [0.25, 0.3) is 0 Å². The van der Waals surface area contributed by atoms with E-state index in [0.29, 0.717) is 19.4 Å². The Kier molecular flexibility index (Phi) is 4.44. The molecule has 0 aromatic heterocycles. The van der Waals surface area contributed by atoms with Crippen molar-refractivity contribution in [2.45, 2.75) is 28.7 Å². The fraction of sp³-hybridized carbons (Fsp3) is 0.538. The number of rotatable bonds is 5. The Morgan fingerprint density at radius 1 is 1.10 bits per heavy atom. The van der Waals surface area contributed by atoms with Crippen LogP contribution in [0.1, 0.15) is 12.8 Å². The first kappa shape index (κ1) is 16.4. The van der Waals surface area contributed by atoms with Gasteiger partial charge in [-0.1, -0.05) is 0 Å². The zero-order valence-corrected chi connectivity index (χ0v) is 13.6. The minimum Gasteiger partial charge on any atom is -0.393 e. The molecule has 1 aliphatic carbocycles. The molecule has 8 heteroatoms.